The smallest absolute Gasteiger partial charge is 0.157 e. The molecule has 0 saturated heterocycles. The third-order valence-electron chi connectivity index (χ3n) is 10.1. The first-order valence-electron chi connectivity index (χ1n) is 17.4. The lowest BCUT2D eigenvalue weighted by Crippen LogP contribution is -2.28. The van der Waals surface area contributed by atoms with Crippen molar-refractivity contribution in [3.8, 4) is 11.4 Å². The van der Waals surface area contributed by atoms with E-state index >= 15 is 0 Å². The Morgan fingerprint density at radius 2 is 1.48 bits per heavy atom. The van der Waals surface area contributed by atoms with Crippen LogP contribution in [0.5, 0.6) is 0 Å². The first-order valence-corrected chi connectivity index (χ1v) is 17.4. The highest BCUT2D eigenvalue weighted by Gasteiger charge is 2.35. The minimum absolute atomic E-state index is 0.139. The van der Waals surface area contributed by atoms with Crippen molar-refractivity contribution in [2.24, 2.45) is 15.7 Å². The van der Waals surface area contributed by atoms with Crippen LogP contribution in [-0.2, 0) is 12.0 Å². The minimum atomic E-state index is -0.139. The van der Waals surface area contributed by atoms with Crippen LogP contribution in [0.4, 0.5) is 0 Å². The Morgan fingerprint density at radius 1 is 0.760 bits per heavy atom. The lowest BCUT2D eigenvalue weighted by Gasteiger charge is -2.34. The van der Waals surface area contributed by atoms with Gasteiger partial charge in [-0.2, -0.15) is 0 Å². The van der Waals surface area contributed by atoms with Gasteiger partial charge in [-0.25, -0.2) is 4.99 Å². The number of aromatic nitrogens is 2. The van der Waals surface area contributed by atoms with E-state index in [0.717, 1.165) is 28.8 Å². The number of nitrogens with zero attached hydrogens (tertiary/aromatic N) is 4. The Kier molecular flexibility index (Phi) is 7.83. The highest BCUT2D eigenvalue weighted by atomic mass is 15.0. The predicted octanol–water partition coefficient (Wildman–Crippen LogP) is 8.56. The number of fused-ring (bicyclic) bond motifs is 4. The van der Waals surface area contributed by atoms with E-state index in [0.29, 0.717) is 18.2 Å². The predicted molar refractivity (Wildman–Crippen MR) is 210 cm³/mol. The van der Waals surface area contributed by atoms with Gasteiger partial charge in [0.25, 0.3) is 0 Å². The van der Waals surface area contributed by atoms with Crippen molar-refractivity contribution in [3.05, 3.63) is 166 Å². The molecule has 2 N–H and O–H groups in total. The van der Waals surface area contributed by atoms with Gasteiger partial charge in [-0.15, -0.1) is 0 Å². The highest BCUT2D eigenvalue weighted by Crippen LogP contribution is 2.46. The van der Waals surface area contributed by atoms with Crippen molar-refractivity contribution >= 4 is 45.6 Å². The summed E-state index contributed by atoms with van der Waals surface area (Å²) < 4.78 is 4.85. The fourth-order valence-electron chi connectivity index (χ4n) is 7.68. The molecule has 0 radical (unpaired) electrons. The molecule has 5 heteroatoms. The normalized spacial score (nSPS) is 14.9. The number of para-hydroxylation sites is 1. The summed E-state index contributed by atoms with van der Waals surface area (Å²) >= 11 is 0. The zero-order valence-corrected chi connectivity index (χ0v) is 29.1. The van der Waals surface area contributed by atoms with Crippen LogP contribution in [-0.4, -0.2) is 20.8 Å². The Labute approximate surface area is 293 Å². The number of hydrogen-bond donors (Lipinski definition) is 1. The third kappa shape index (κ3) is 5.09. The van der Waals surface area contributed by atoms with Gasteiger partial charge >= 0.3 is 0 Å². The molecule has 3 heterocycles. The maximum Gasteiger partial charge on any atom is 0.157 e. The maximum absolute atomic E-state index is 6.49. The summed E-state index contributed by atoms with van der Waals surface area (Å²) in [6, 6.07) is 42.3. The molecule has 8 rings (SSSR count). The van der Waals surface area contributed by atoms with Crippen molar-refractivity contribution in [1.82, 2.24) is 9.13 Å². The van der Waals surface area contributed by atoms with E-state index in [-0.39, 0.29) is 5.41 Å². The maximum atomic E-state index is 6.49. The first kappa shape index (κ1) is 31.3. The molecular formula is C45H41N5. The van der Waals surface area contributed by atoms with Gasteiger partial charge in [0.2, 0.25) is 0 Å². The molecule has 0 bridgehead atoms. The molecule has 5 nitrogen and oxygen atoms in total. The molecule has 50 heavy (non-hydrogen) atoms. The van der Waals surface area contributed by atoms with Gasteiger partial charge in [-0.3, -0.25) is 4.99 Å². The summed E-state index contributed by atoms with van der Waals surface area (Å²) in [5, 5.41) is 5.03. The summed E-state index contributed by atoms with van der Waals surface area (Å²) in [7, 11) is 0. The molecular weight excluding hydrogens is 611 g/mol. The SMILES string of the molecule is C/C=c1\c(=C/CC)n(-c2cccc(CN=C(N=C(N)c3ccccc3)c3ccccc3)c2)c2c1cc1c3c2ccn3-c2ccccc2C1(C)C. The van der Waals surface area contributed by atoms with E-state index < -0.39 is 0 Å². The molecule has 2 aromatic heterocycles. The van der Waals surface area contributed by atoms with Crippen molar-refractivity contribution < 1.29 is 0 Å². The van der Waals surface area contributed by atoms with Crippen molar-refractivity contribution in [2.75, 3.05) is 0 Å². The number of benzene rings is 5. The number of rotatable bonds is 6. The molecule has 0 saturated carbocycles. The second-order valence-electron chi connectivity index (χ2n) is 13.5. The number of nitrogens with two attached hydrogens (primary N) is 1. The zero-order chi connectivity index (χ0) is 34.4. The molecule has 7 aromatic rings. The molecule has 0 atom stereocenters. The van der Waals surface area contributed by atoms with E-state index in [2.05, 4.69) is 116 Å². The lowest BCUT2D eigenvalue weighted by atomic mass is 9.74. The monoisotopic (exact) mass is 651 g/mol. The van der Waals surface area contributed by atoms with Gasteiger partial charge in [0.1, 0.15) is 5.84 Å². The molecule has 1 aliphatic heterocycles. The Bertz CT molecular complexity index is 2580. The highest BCUT2D eigenvalue weighted by molar-refractivity contribution is 6.11. The van der Waals surface area contributed by atoms with Crippen LogP contribution in [0.15, 0.2) is 138 Å². The van der Waals surface area contributed by atoms with E-state index in [9.17, 15) is 0 Å². The summed E-state index contributed by atoms with van der Waals surface area (Å²) in [6.07, 6.45) is 7.80. The molecule has 0 fully saturated rings. The molecule has 0 unspecified atom stereocenters. The Balaban J connectivity index is 1.31. The van der Waals surface area contributed by atoms with Crippen LogP contribution in [0.3, 0.4) is 0 Å². The number of hydrogen-bond acceptors (Lipinski definition) is 1. The molecule has 246 valence electrons. The van der Waals surface area contributed by atoms with Gasteiger partial charge in [-0.1, -0.05) is 124 Å². The van der Waals surface area contributed by atoms with Gasteiger partial charge in [0, 0.05) is 55.5 Å². The lowest BCUT2D eigenvalue weighted by molar-refractivity contribution is 0.629. The van der Waals surface area contributed by atoms with Gasteiger partial charge in [-0.05, 0) is 60.4 Å². The Morgan fingerprint density at radius 3 is 2.22 bits per heavy atom. The molecule has 0 aliphatic carbocycles. The van der Waals surface area contributed by atoms with Crippen LogP contribution in [0, 0.1) is 0 Å². The fraction of sp³-hybridized carbons (Fsp3) is 0.156. The number of amidine groups is 2. The van der Waals surface area contributed by atoms with Crippen molar-refractivity contribution in [2.45, 2.75) is 46.1 Å². The van der Waals surface area contributed by atoms with E-state index in [1.165, 1.54) is 49.2 Å². The van der Waals surface area contributed by atoms with E-state index in [4.69, 9.17) is 15.7 Å². The molecule has 5 aromatic carbocycles. The Hall–Kier alpha value is -5.94. The van der Waals surface area contributed by atoms with Gasteiger partial charge in [0.15, 0.2) is 5.84 Å². The average Bonchev–Trinajstić information content (AvgIpc) is 3.73. The van der Waals surface area contributed by atoms with Crippen LogP contribution in [0.2, 0.25) is 0 Å². The van der Waals surface area contributed by atoms with E-state index in [1.54, 1.807) is 0 Å². The topological polar surface area (TPSA) is 60.6 Å². The zero-order valence-electron chi connectivity index (χ0n) is 29.1. The molecule has 0 spiro atoms. The van der Waals surface area contributed by atoms with Crippen LogP contribution < -0.4 is 16.3 Å². The fourth-order valence-corrected chi connectivity index (χ4v) is 7.68. The van der Waals surface area contributed by atoms with Crippen molar-refractivity contribution in [3.63, 3.8) is 0 Å². The third-order valence-corrected chi connectivity index (χ3v) is 10.1. The van der Waals surface area contributed by atoms with Crippen LogP contribution >= 0.6 is 0 Å². The second kappa shape index (κ2) is 12.5. The van der Waals surface area contributed by atoms with Crippen LogP contribution in [0.1, 0.15) is 61.9 Å². The average molecular weight is 652 g/mol. The molecule has 0 amide bonds. The number of aliphatic imine (C=N–C) groups is 2. The molecule has 1 aliphatic rings. The van der Waals surface area contributed by atoms with E-state index in [1.807, 2.05) is 60.7 Å². The van der Waals surface area contributed by atoms with Gasteiger partial charge in [0.05, 0.1) is 17.6 Å². The van der Waals surface area contributed by atoms with Gasteiger partial charge < -0.3 is 14.9 Å². The quantitative estimate of drug-likeness (QED) is 0.142. The minimum Gasteiger partial charge on any atom is -0.383 e. The largest absolute Gasteiger partial charge is 0.383 e. The summed E-state index contributed by atoms with van der Waals surface area (Å²) in [5.74, 6) is 1.05. The summed E-state index contributed by atoms with van der Waals surface area (Å²) in [5.41, 5.74) is 16.8. The summed E-state index contributed by atoms with van der Waals surface area (Å²) in [4.78, 5) is 9.87. The second-order valence-corrected chi connectivity index (χ2v) is 13.5. The van der Waals surface area contributed by atoms with Crippen LogP contribution in [0.25, 0.3) is 45.3 Å². The first-order chi connectivity index (χ1) is 24.4. The summed E-state index contributed by atoms with van der Waals surface area (Å²) in [6.45, 7) is 9.55. The van der Waals surface area contributed by atoms with Crippen molar-refractivity contribution in [1.29, 1.82) is 0 Å². The standard InChI is InChI=1S/C45H41N5/c1-5-16-39-34(6-2)36-28-38-42-35(25-26-49(42)40-24-14-13-23-37(40)45(38,3)4)41(36)50(39)33-22-15-17-30(27-33)29-47-44(32-20-11-8-12-21-32)48-43(46)31-18-9-7-10-19-31/h6-28H,5,29H2,1-4H3,(H2,46,47,48)/b34-6-,39-16+.